The van der Waals surface area contributed by atoms with Crippen molar-refractivity contribution in [2.75, 3.05) is 18.1 Å². The normalized spacial score (nSPS) is 17.4. The fraction of sp³-hybridized carbons (Fsp3) is 0.727. The van der Waals surface area contributed by atoms with E-state index in [1.807, 2.05) is 13.0 Å². The van der Waals surface area contributed by atoms with Crippen molar-refractivity contribution in [1.82, 2.24) is 0 Å². The molecule has 4 heteroatoms. The van der Waals surface area contributed by atoms with Crippen LogP contribution in [-0.2, 0) is 9.53 Å². The SMILES string of the molecule is CCOC(=O)/C=C/CCCC1SCCS1. The molecule has 0 amide bonds. The van der Waals surface area contributed by atoms with E-state index in [1.54, 1.807) is 6.08 Å². The van der Waals surface area contributed by atoms with Crippen molar-refractivity contribution in [3.63, 3.8) is 0 Å². The summed E-state index contributed by atoms with van der Waals surface area (Å²) in [4.78, 5) is 10.9. The number of thioether (sulfide) groups is 2. The molecule has 0 bridgehead atoms. The van der Waals surface area contributed by atoms with Crippen molar-refractivity contribution in [2.45, 2.75) is 30.8 Å². The molecule has 0 aliphatic carbocycles. The van der Waals surface area contributed by atoms with Crippen LogP contribution in [0.25, 0.3) is 0 Å². The molecule has 0 aromatic carbocycles. The van der Waals surface area contributed by atoms with E-state index in [9.17, 15) is 4.79 Å². The largest absolute Gasteiger partial charge is 0.463 e. The van der Waals surface area contributed by atoms with Crippen molar-refractivity contribution in [3.05, 3.63) is 12.2 Å². The molecule has 1 saturated heterocycles. The third kappa shape index (κ3) is 6.15. The maximum atomic E-state index is 10.9. The highest BCUT2D eigenvalue weighted by molar-refractivity contribution is 8.20. The van der Waals surface area contributed by atoms with Crippen molar-refractivity contribution in [1.29, 1.82) is 0 Å². The molecule has 15 heavy (non-hydrogen) atoms. The topological polar surface area (TPSA) is 26.3 Å². The number of hydrogen-bond acceptors (Lipinski definition) is 4. The lowest BCUT2D eigenvalue weighted by atomic mass is 10.2. The number of hydrogen-bond donors (Lipinski definition) is 0. The molecule has 1 aliphatic heterocycles. The molecule has 0 N–H and O–H groups in total. The van der Waals surface area contributed by atoms with Crippen LogP contribution in [-0.4, -0.2) is 28.7 Å². The standard InChI is InChI=1S/C11H18O2S2/c1-2-13-10(12)6-4-3-5-7-11-14-8-9-15-11/h4,6,11H,2-3,5,7-9H2,1H3/b6-4+. The van der Waals surface area contributed by atoms with Gasteiger partial charge in [-0.2, -0.15) is 0 Å². The molecular formula is C11H18O2S2. The molecule has 1 rings (SSSR count). The van der Waals surface area contributed by atoms with Gasteiger partial charge in [0.25, 0.3) is 0 Å². The second-order valence-corrected chi connectivity index (χ2v) is 6.18. The van der Waals surface area contributed by atoms with Gasteiger partial charge < -0.3 is 4.74 Å². The van der Waals surface area contributed by atoms with Crippen LogP contribution in [0.2, 0.25) is 0 Å². The van der Waals surface area contributed by atoms with Gasteiger partial charge in [0.15, 0.2) is 0 Å². The molecular weight excluding hydrogens is 228 g/mol. The molecule has 0 saturated carbocycles. The molecule has 0 spiro atoms. The van der Waals surface area contributed by atoms with Crippen molar-refractivity contribution < 1.29 is 9.53 Å². The zero-order valence-electron chi connectivity index (χ0n) is 9.11. The van der Waals surface area contributed by atoms with Crippen LogP contribution in [0.1, 0.15) is 26.2 Å². The van der Waals surface area contributed by atoms with Crippen LogP contribution < -0.4 is 0 Å². The second kappa shape index (κ2) is 8.11. The Kier molecular flexibility index (Phi) is 7.01. The quantitative estimate of drug-likeness (QED) is 0.409. The van der Waals surface area contributed by atoms with Gasteiger partial charge in [0.1, 0.15) is 0 Å². The van der Waals surface area contributed by atoms with Crippen LogP contribution in [0.3, 0.4) is 0 Å². The number of unbranched alkanes of at least 4 members (excludes halogenated alkanes) is 1. The van der Waals surface area contributed by atoms with Crippen molar-refractivity contribution in [2.24, 2.45) is 0 Å². The fourth-order valence-corrected chi connectivity index (χ4v) is 4.27. The fourth-order valence-electron chi connectivity index (χ4n) is 1.35. The summed E-state index contributed by atoms with van der Waals surface area (Å²) < 4.78 is 5.58. The van der Waals surface area contributed by atoms with Gasteiger partial charge in [-0.3, -0.25) is 0 Å². The van der Waals surface area contributed by atoms with Gasteiger partial charge >= 0.3 is 5.97 Å². The number of allylic oxidation sites excluding steroid dienone is 1. The van der Waals surface area contributed by atoms with Crippen LogP contribution in [0.5, 0.6) is 0 Å². The summed E-state index contributed by atoms with van der Waals surface area (Å²) >= 11 is 4.12. The predicted molar refractivity (Wildman–Crippen MR) is 68.3 cm³/mol. The van der Waals surface area contributed by atoms with Crippen LogP contribution in [0.4, 0.5) is 0 Å². The molecule has 0 unspecified atom stereocenters. The lowest BCUT2D eigenvalue weighted by molar-refractivity contribution is -0.137. The van der Waals surface area contributed by atoms with E-state index in [-0.39, 0.29) is 5.97 Å². The number of carbonyl (C=O) groups is 1. The van der Waals surface area contributed by atoms with Gasteiger partial charge in [0, 0.05) is 17.6 Å². The highest BCUT2D eigenvalue weighted by Crippen LogP contribution is 2.35. The Morgan fingerprint density at radius 3 is 2.87 bits per heavy atom. The maximum Gasteiger partial charge on any atom is 0.330 e. The molecule has 0 aromatic rings. The Morgan fingerprint density at radius 1 is 1.47 bits per heavy atom. The van der Waals surface area contributed by atoms with Crippen LogP contribution in [0, 0.1) is 0 Å². The number of carbonyl (C=O) groups excluding carboxylic acids is 1. The number of ether oxygens (including phenoxy) is 1. The smallest absolute Gasteiger partial charge is 0.330 e. The monoisotopic (exact) mass is 246 g/mol. The highest BCUT2D eigenvalue weighted by atomic mass is 32.2. The van der Waals surface area contributed by atoms with Crippen molar-refractivity contribution in [3.8, 4) is 0 Å². The van der Waals surface area contributed by atoms with E-state index in [1.165, 1.54) is 24.3 Å². The van der Waals surface area contributed by atoms with E-state index >= 15 is 0 Å². The summed E-state index contributed by atoms with van der Waals surface area (Å²) in [6.45, 7) is 2.28. The van der Waals surface area contributed by atoms with Crippen molar-refractivity contribution >= 4 is 29.5 Å². The first kappa shape index (κ1) is 13.0. The van der Waals surface area contributed by atoms with E-state index in [0.29, 0.717) is 6.61 Å². The average molecular weight is 246 g/mol. The van der Waals surface area contributed by atoms with Gasteiger partial charge in [-0.25, -0.2) is 4.79 Å². The average Bonchev–Trinajstić information content (AvgIpc) is 2.70. The molecule has 1 heterocycles. The maximum absolute atomic E-state index is 10.9. The number of esters is 1. The summed E-state index contributed by atoms with van der Waals surface area (Å²) in [6.07, 6.45) is 6.86. The Bertz CT molecular complexity index is 211. The Hall–Kier alpha value is -0.0900. The van der Waals surface area contributed by atoms with Gasteiger partial charge in [-0.15, -0.1) is 23.5 Å². The second-order valence-electron chi connectivity index (χ2n) is 3.26. The predicted octanol–water partition coefficient (Wildman–Crippen LogP) is 3.08. The van der Waals surface area contributed by atoms with Crippen LogP contribution in [0.15, 0.2) is 12.2 Å². The molecule has 0 radical (unpaired) electrons. The summed E-state index contributed by atoms with van der Waals surface area (Å²) in [7, 11) is 0. The lowest BCUT2D eigenvalue weighted by Crippen LogP contribution is -1.98. The summed E-state index contributed by atoms with van der Waals surface area (Å²) in [5.74, 6) is 2.38. The van der Waals surface area contributed by atoms with Gasteiger partial charge in [0.2, 0.25) is 0 Å². The molecule has 1 aliphatic rings. The third-order valence-electron chi connectivity index (χ3n) is 2.04. The summed E-state index contributed by atoms with van der Waals surface area (Å²) in [6, 6.07) is 0. The lowest BCUT2D eigenvalue weighted by Gasteiger charge is -2.04. The first-order chi connectivity index (χ1) is 7.33. The first-order valence-electron chi connectivity index (χ1n) is 5.39. The minimum atomic E-state index is -0.220. The zero-order valence-corrected chi connectivity index (χ0v) is 10.7. The van der Waals surface area contributed by atoms with E-state index in [0.717, 1.165) is 11.0 Å². The Morgan fingerprint density at radius 2 is 2.20 bits per heavy atom. The minimum absolute atomic E-state index is 0.220. The molecule has 2 nitrogen and oxygen atoms in total. The van der Waals surface area contributed by atoms with E-state index < -0.39 is 0 Å². The third-order valence-corrected chi connectivity index (χ3v) is 5.21. The molecule has 86 valence electrons. The van der Waals surface area contributed by atoms with E-state index in [2.05, 4.69) is 23.5 Å². The Labute approximate surface area is 100 Å². The minimum Gasteiger partial charge on any atom is -0.463 e. The zero-order chi connectivity index (χ0) is 10.9. The summed E-state index contributed by atoms with van der Waals surface area (Å²) in [5.41, 5.74) is 0. The van der Waals surface area contributed by atoms with Crippen LogP contribution >= 0.6 is 23.5 Å². The Balaban J connectivity index is 1.97. The highest BCUT2D eigenvalue weighted by Gasteiger charge is 2.14. The molecule has 0 aromatic heterocycles. The van der Waals surface area contributed by atoms with Gasteiger partial charge in [0.05, 0.1) is 11.2 Å². The molecule has 0 atom stereocenters. The molecule has 1 fully saturated rings. The first-order valence-corrected chi connectivity index (χ1v) is 7.49. The summed E-state index contributed by atoms with van der Waals surface area (Å²) in [5, 5.41) is 0. The van der Waals surface area contributed by atoms with Gasteiger partial charge in [-0.1, -0.05) is 6.08 Å². The number of rotatable bonds is 6. The van der Waals surface area contributed by atoms with E-state index in [4.69, 9.17) is 4.74 Å². The van der Waals surface area contributed by atoms with Gasteiger partial charge in [-0.05, 0) is 26.2 Å².